The Kier molecular flexibility index (Phi) is 3.42. The van der Waals surface area contributed by atoms with E-state index in [0.717, 1.165) is 0 Å². The van der Waals surface area contributed by atoms with Crippen molar-refractivity contribution in [2.45, 2.75) is 13.2 Å². The number of carboxylic acids is 1. The average molecular weight is 282 g/mol. The summed E-state index contributed by atoms with van der Waals surface area (Å²) in [7, 11) is 0. The maximum atomic E-state index is 11.1. The summed E-state index contributed by atoms with van der Waals surface area (Å²) < 4.78 is 10.2. The van der Waals surface area contributed by atoms with E-state index in [1.807, 2.05) is 0 Å². The van der Waals surface area contributed by atoms with Gasteiger partial charge in [0.25, 0.3) is 0 Å². The van der Waals surface area contributed by atoms with E-state index in [1.54, 1.807) is 0 Å². The Balaban J connectivity index is 2.50. The van der Waals surface area contributed by atoms with Crippen molar-refractivity contribution in [2.75, 3.05) is 11.9 Å². The monoisotopic (exact) mass is 282 g/mol. The Morgan fingerprint density at radius 3 is 2.70 bits per heavy atom. The largest absolute Gasteiger partial charge is 0.478 e. The number of aromatic carboxylic acids is 1. The Morgan fingerprint density at radius 1 is 1.45 bits per heavy atom. The van der Waals surface area contributed by atoms with Gasteiger partial charge >= 0.3 is 12.2 Å². The lowest BCUT2D eigenvalue weighted by Crippen LogP contribution is -2.36. The van der Waals surface area contributed by atoms with Crippen molar-refractivity contribution in [3.05, 3.63) is 27.8 Å². The molecular weight excluding hydrogens is 272 g/mol. The van der Waals surface area contributed by atoms with Crippen molar-refractivity contribution < 1.29 is 29.1 Å². The van der Waals surface area contributed by atoms with Gasteiger partial charge in [0.1, 0.15) is 5.56 Å². The van der Waals surface area contributed by atoms with E-state index in [0.29, 0.717) is 0 Å². The zero-order valence-electron chi connectivity index (χ0n) is 10.3. The number of benzene rings is 1. The number of fused-ring (bicyclic) bond motifs is 1. The van der Waals surface area contributed by atoms with Crippen LogP contribution in [0.25, 0.3) is 0 Å². The van der Waals surface area contributed by atoms with Gasteiger partial charge < -0.3 is 19.9 Å². The Bertz CT molecular complexity index is 599. The summed E-state index contributed by atoms with van der Waals surface area (Å²) in [5.74, 6) is -1.99. The molecule has 1 amide bonds. The fraction of sp³-hybridized carbons (Fsp3) is 0.273. The topological polar surface area (TPSA) is 128 Å². The number of carboxylic acid groups (broad SMARTS) is 1. The maximum Gasteiger partial charge on any atom is 0.388 e. The number of carbonyl (C=O) groups is 2. The number of carbonyl (C=O) groups excluding carboxylic acids is 1. The van der Waals surface area contributed by atoms with E-state index in [-0.39, 0.29) is 22.7 Å². The molecule has 0 aliphatic carbocycles. The molecule has 2 N–H and O–H groups in total. The highest BCUT2D eigenvalue weighted by Gasteiger charge is 2.34. The summed E-state index contributed by atoms with van der Waals surface area (Å²) in [6.45, 7) is 0.829. The van der Waals surface area contributed by atoms with Crippen LogP contribution in [0, 0.1) is 10.1 Å². The number of ether oxygens (including phenoxy) is 2. The van der Waals surface area contributed by atoms with E-state index >= 15 is 0 Å². The molecule has 1 aromatic carbocycles. The summed E-state index contributed by atoms with van der Waals surface area (Å²) in [5.41, 5.74) is -0.0834. The number of nitro groups is 1. The van der Waals surface area contributed by atoms with E-state index in [4.69, 9.17) is 14.6 Å². The molecule has 0 fully saturated rings. The molecule has 20 heavy (non-hydrogen) atoms. The predicted molar refractivity (Wildman–Crippen MR) is 64.6 cm³/mol. The van der Waals surface area contributed by atoms with Crippen molar-refractivity contribution in [3.63, 3.8) is 0 Å². The lowest BCUT2D eigenvalue weighted by Gasteiger charge is -2.24. The third kappa shape index (κ3) is 2.46. The summed E-state index contributed by atoms with van der Waals surface area (Å²) in [4.78, 5) is 32.2. The number of rotatable bonds is 3. The van der Waals surface area contributed by atoms with Crippen LogP contribution in [0.2, 0.25) is 0 Å². The van der Waals surface area contributed by atoms with Gasteiger partial charge in [-0.2, -0.15) is 0 Å². The second-order valence-corrected chi connectivity index (χ2v) is 3.97. The van der Waals surface area contributed by atoms with Crippen LogP contribution < -0.4 is 14.8 Å². The number of nitrogens with zero attached hydrogens (tertiary/aromatic N) is 1. The Hall–Kier alpha value is -2.84. The van der Waals surface area contributed by atoms with Gasteiger partial charge in [-0.15, -0.1) is 0 Å². The van der Waals surface area contributed by atoms with Crippen molar-refractivity contribution in [1.29, 1.82) is 0 Å². The third-order valence-electron chi connectivity index (χ3n) is 2.51. The molecular formula is C11H10N2O7. The molecule has 1 heterocycles. The molecule has 0 saturated carbocycles. The minimum atomic E-state index is -1.46. The van der Waals surface area contributed by atoms with Crippen molar-refractivity contribution in [2.24, 2.45) is 0 Å². The maximum absolute atomic E-state index is 11.1. The lowest BCUT2D eigenvalue weighted by molar-refractivity contribution is -0.566. The molecule has 2 rings (SSSR count). The quantitative estimate of drug-likeness (QED) is 0.617. The molecule has 0 aromatic heterocycles. The first-order valence-corrected chi connectivity index (χ1v) is 5.51. The fourth-order valence-corrected chi connectivity index (χ4v) is 1.71. The number of hydrogen-bond donors (Lipinski definition) is 2. The first-order chi connectivity index (χ1) is 9.40. The van der Waals surface area contributed by atoms with E-state index in [1.165, 1.54) is 19.1 Å². The van der Waals surface area contributed by atoms with Crippen molar-refractivity contribution >= 4 is 17.6 Å². The lowest BCUT2D eigenvalue weighted by atomic mass is 10.1. The Morgan fingerprint density at radius 2 is 2.15 bits per heavy atom. The van der Waals surface area contributed by atoms with Gasteiger partial charge in [-0.25, -0.2) is 4.79 Å². The first kappa shape index (κ1) is 13.6. The summed E-state index contributed by atoms with van der Waals surface area (Å²) in [6.07, 6.45) is -1.46. The molecule has 9 nitrogen and oxygen atoms in total. The van der Waals surface area contributed by atoms with Crippen molar-refractivity contribution in [3.8, 4) is 11.5 Å². The van der Waals surface area contributed by atoms with Gasteiger partial charge in [0, 0.05) is 6.92 Å². The van der Waals surface area contributed by atoms with Gasteiger partial charge in [-0.05, 0) is 12.1 Å². The second kappa shape index (κ2) is 5.03. The highest BCUT2D eigenvalue weighted by atomic mass is 16.7. The normalized spacial score (nSPS) is 16.4. The second-order valence-electron chi connectivity index (χ2n) is 3.97. The van der Waals surface area contributed by atoms with Crippen LogP contribution in [0.5, 0.6) is 11.5 Å². The average Bonchev–Trinajstić information content (AvgIpc) is 2.37. The number of nitrogens with one attached hydrogen (secondary N) is 1. The minimum absolute atomic E-state index is 0.115. The summed E-state index contributed by atoms with van der Waals surface area (Å²) in [6, 6.07) is 2.51. The van der Waals surface area contributed by atoms with Crippen LogP contribution in [-0.2, 0) is 4.79 Å². The minimum Gasteiger partial charge on any atom is -0.478 e. The molecule has 0 radical (unpaired) electrons. The standard InChI is InChI=1S/C11H10N2O7/c1-5(14)12-7-3-2-6(11(15)16)9-10(7)20-8(4-19-9)13(17)18/h2-3,8H,4H2,1H3,(H,12,14)(H,15,16). The molecule has 1 aliphatic rings. The summed E-state index contributed by atoms with van der Waals surface area (Å²) >= 11 is 0. The third-order valence-corrected chi connectivity index (χ3v) is 2.51. The highest BCUT2D eigenvalue weighted by molar-refractivity contribution is 5.96. The van der Waals surface area contributed by atoms with E-state index in [2.05, 4.69) is 5.32 Å². The summed E-state index contributed by atoms with van der Waals surface area (Å²) in [5, 5.41) is 22.1. The molecule has 1 atom stereocenters. The van der Waals surface area contributed by atoms with Crippen LogP contribution in [0.15, 0.2) is 12.1 Å². The van der Waals surface area contributed by atoms with Gasteiger partial charge in [-0.1, -0.05) is 0 Å². The van der Waals surface area contributed by atoms with Crippen molar-refractivity contribution in [1.82, 2.24) is 0 Å². The van der Waals surface area contributed by atoms with Gasteiger partial charge in [0.05, 0.1) is 10.6 Å². The van der Waals surface area contributed by atoms with E-state index in [9.17, 15) is 19.7 Å². The molecule has 106 valence electrons. The smallest absolute Gasteiger partial charge is 0.388 e. The van der Waals surface area contributed by atoms with Gasteiger partial charge in [0.15, 0.2) is 18.1 Å². The van der Waals surface area contributed by atoms with Crippen LogP contribution in [0.3, 0.4) is 0 Å². The van der Waals surface area contributed by atoms with Crippen LogP contribution in [-0.4, -0.2) is 34.7 Å². The zero-order valence-corrected chi connectivity index (χ0v) is 10.3. The van der Waals surface area contributed by atoms with Crippen LogP contribution in [0.4, 0.5) is 5.69 Å². The molecule has 9 heteroatoms. The Labute approximate surface area is 112 Å². The van der Waals surface area contributed by atoms with Gasteiger partial charge in [0.2, 0.25) is 5.91 Å². The molecule has 0 bridgehead atoms. The first-order valence-electron chi connectivity index (χ1n) is 5.51. The number of anilines is 1. The number of hydrogen-bond acceptors (Lipinski definition) is 6. The van der Waals surface area contributed by atoms with E-state index < -0.39 is 29.6 Å². The van der Waals surface area contributed by atoms with Crippen LogP contribution >= 0.6 is 0 Å². The zero-order chi connectivity index (χ0) is 14.9. The fourth-order valence-electron chi connectivity index (χ4n) is 1.71. The molecule has 1 unspecified atom stereocenters. The van der Waals surface area contributed by atoms with Gasteiger partial charge in [-0.3, -0.25) is 14.9 Å². The predicted octanol–water partition coefficient (Wildman–Crippen LogP) is 0.717. The molecule has 0 spiro atoms. The SMILES string of the molecule is CC(=O)Nc1ccc(C(=O)O)c2c1OC([N+](=O)[O-])CO2. The molecule has 0 saturated heterocycles. The number of amides is 1. The molecule has 1 aromatic rings. The highest BCUT2D eigenvalue weighted by Crippen LogP contribution is 2.41. The molecule has 1 aliphatic heterocycles. The van der Waals surface area contributed by atoms with Crippen LogP contribution in [0.1, 0.15) is 17.3 Å².